The van der Waals surface area contributed by atoms with Gasteiger partial charge in [-0.2, -0.15) is 0 Å². The molecule has 1 N–H and O–H groups in total. The normalized spacial score (nSPS) is 26.9. The van der Waals surface area contributed by atoms with Gasteiger partial charge in [0, 0.05) is 30.2 Å². The van der Waals surface area contributed by atoms with Crippen LogP contribution in [0.5, 0.6) is 17.2 Å². The molecule has 0 saturated carbocycles. The molecule has 0 fully saturated rings. The van der Waals surface area contributed by atoms with Gasteiger partial charge >= 0.3 is 0 Å². The highest BCUT2D eigenvalue weighted by molar-refractivity contribution is 6.33. The molecule has 7 nitrogen and oxygen atoms in total. The number of rotatable bonds is 3. The predicted molar refractivity (Wildman–Crippen MR) is 103 cm³/mol. The number of aromatic hydroxyl groups is 1. The smallest absolute Gasteiger partial charge is 0.260 e. The molecule has 0 amide bonds. The lowest BCUT2D eigenvalue weighted by atomic mass is 9.73. The molecule has 2 atom stereocenters. The Balaban J connectivity index is 1.73. The highest BCUT2D eigenvalue weighted by Crippen LogP contribution is 2.65. The molecule has 2 heterocycles. The number of ether oxygens (including phenoxy) is 4. The molecule has 152 valence electrons. The van der Waals surface area contributed by atoms with Crippen LogP contribution in [0.15, 0.2) is 30.4 Å². The molecule has 2 aromatic rings. The molecule has 0 radical (unpaired) electrons. The van der Waals surface area contributed by atoms with E-state index >= 15 is 0 Å². The zero-order valence-electron chi connectivity index (χ0n) is 15.8. The molecule has 4 aliphatic rings. The highest BCUT2D eigenvalue weighted by Gasteiger charge is 2.64. The van der Waals surface area contributed by atoms with Crippen molar-refractivity contribution in [2.45, 2.75) is 24.2 Å². The van der Waals surface area contributed by atoms with E-state index < -0.39 is 11.4 Å². The van der Waals surface area contributed by atoms with Crippen molar-refractivity contribution in [3.05, 3.63) is 63.2 Å². The number of hydrogen-bond donors (Lipinski definition) is 1. The Morgan fingerprint density at radius 1 is 1.23 bits per heavy atom. The maximum absolute atomic E-state index is 12.9. The number of ketones is 2. The van der Waals surface area contributed by atoms with Crippen LogP contribution in [0, 0.1) is 0 Å². The molecule has 0 aromatic heterocycles. The van der Waals surface area contributed by atoms with Crippen LogP contribution < -0.4 is 9.47 Å². The van der Waals surface area contributed by atoms with Gasteiger partial charge < -0.3 is 24.1 Å². The molecule has 2 bridgehead atoms. The summed E-state index contributed by atoms with van der Waals surface area (Å²) in [5.41, 5.74) is 1.00. The standard InChI is InChI=1S/C22H15ClO7/c1-27-9-28-20-11(23)8-10-18-17(20)14(26)5-7-22(18)29-15-3-2-12(24)16-13(25)4-6-21(10,30-22)19(15)16/h2-3,5,7-8,24H,4,6,9H2,1H3. The summed E-state index contributed by atoms with van der Waals surface area (Å²) in [4.78, 5) is 25.6. The van der Waals surface area contributed by atoms with Crippen LogP contribution in [0.4, 0.5) is 0 Å². The summed E-state index contributed by atoms with van der Waals surface area (Å²) < 4.78 is 23.4. The first-order valence-corrected chi connectivity index (χ1v) is 9.81. The summed E-state index contributed by atoms with van der Waals surface area (Å²) in [6, 6.07) is 4.75. The van der Waals surface area contributed by atoms with Crippen LogP contribution in [0.3, 0.4) is 0 Å². The molecule has 8 heteroatoms. The quantitative estimate of drug-likeness (QED) is 0.750. The number of hydrogen-bond acceptors (Lipinski definition) is 7. The average Bonchev–Trinajstić information content (AvgIpc) is 2.94. The van der Waals surface area contributed by atoms with Gasteiger partial charge in [0.05, 0.1) is 16.1 Å². The molecule has 2 aromatic carbocycles. The Hall–Kier alpha value is -2.87. The number of carbonyl (C=O) groups excluding carboxylic acids is 2. The number of methoxy groups -OCH3 is 1. The highest BCUT2D eigenvalue weighted by atomic mass is 35.5. The van der Waals surface area contributed by atoms with Gasteiger partial charge in [-0.3, -0.25) is 9.59 Å². The maximum atomic E-state index is 12.9. The topological polar surface area (TPSA) is 91.3 Å². The van der Waals surface area contributed by atoms with Gasteiger partial charge in [-0.1, -0.05) is 11.6 Å². The first kappa shape index (κ1) is 17.9. The number of carbonyl (C=O) groups is 2. The van der Waals surface area contributed by atoms with E-state index in [1.807, 2.05) is 0 Å². The summed E-state index contributed by atoms with van der Waals surface area (Å²) in [5.74, 6) is -1.33. The number of phenols is 1. The van der Waals surface area contributed by atoms with E-state index in [9.17, 15) is 14.7 Å². The van der Waals surface area contributed by atoms with Crippen LogP contribution >= 0.6 is 11.6 Å². The van der Waals surface area contributed by atoms with Crippen molar-refractivity contribution in [2.24, 2.45) is 0 Å². The summed E-state index contributed by atoms with van der Waals surface area (Å²) in [6.07, 6.45) is 3.47. The summed E-state index contributed by atoms with van der Waals surface area (Å²) in [7, 11) is 1.47. The minimum absolute atomic E-state index is 0.0882. The lowest BCUT2D eigenvalue weighted by Gasteiger charge is -2.43. The molecule has 2 spiro atoms. The number of benzene rings is 2. The Morgan fingerprint density at radius 2 is 2.07 bits per heavy atom. The number of Topliss-reactive ketones (excluding diaryl/α,β-unsaturated/α-hetero) is 1. The van der Waals surface area contributed by atoms with Crippen LogP contribution in [-0.4, -0.2) is 30.6 Å². The average molecular weight is 427 g/mol. The van der Waals surface area contributed by atoms with Crippen molar-refractivity contribution in [2.75, 3.05) is 13.9 Å². The van der Waals surface area contributed by atoms with Crippen molar-refractivity contribution in [1.82, 2.24) is 0 Å². The van der Waals surface area contributed by atoms with E-state index in [0.29, 0.717) is 28.9 Å². The summed E-state index contributed by atoms with van der Waals surface area (Å²) in [5, 5.41) is 10.7. The lowest BCUT2D eigenvalue weighted by Crippen LogP contribution is -2.45. The van der Waals surface area contributed by atoms with E-state index in [2.05, 4.69) is 0 Å². The van der Waals surface area contributed by atoms with Gasteiger partial charge in [0.15, 0.2) is 24.1 Å². The molecule has 2 aliphatic carbocycles. The second kappa shape index (κ2) is 5.63. The molecule has 6 rings (SSSR count). The van der Waals surface area contributed by atoms with Crippen molar-refractivity contribution >= 4 is 23.2 Å². The van der Waals surface area contributed by atoms with E-state index in [-0.39, 0.29) is 52.4 Å². The monoisotopic (exact) mass is 426 g/mol. The van der Waals surface area contributed by atoms with E-state index in [4.69, 9.17) is 30.5 Å². The zero-order valence-corrected chi connectivity index (χ0v) is 16.5. The largest absolute Gasteiger partial charge is 0.507 e. The Bertz CT molecular complexity index is 1220. The number of phenolic OH excluding ortho intramolecular Hbond substituents is 1. The fourth-order valence-corrected chi connectivity index (χ4v) is 5.34. The molecule has 30 heavy (non-hydrogen) atoms. The van der Waals surface area contributed by atoms with Crippen LogP contribution in [0.25, 0.3) is 0 Å². The molecule has 0 saturated heterocycles. The fraction of sp³-hybridized carbons (Fsp3) is 0.273. The third-order valence-electron chi connectivity index (χ3n) is 6.16. The van der Waals surface area contributed by atoms with E-state index in [1.165, 1.54) is 19.3 Å². The second-order valence-corrected chi connectivity index (χ2v) is 8.10. The van der Waals surface area contributed by atoms with Crippen molar-refractivity contribution in [3.8, 4) is 17.2 Å². The van der Waals surface area contributed by atoms with Gasteiger partial charge in [-0.15, -0.1) is 0 Å². The minimum Gasteiger partial charge on any atom is -0.507 e. The summed E-state index contributed by atoms with van der Waals surface area (Å²) >= 11 is 6.55. The van der Waals surface area contributed by atoms with Crippen LogP contribution in [0.2, 0.25) is 5.02 Å². The van der Waals surface area contributed by atoms with Crippen molar-refractivity contribution in [3.63, 3.8) is 0 Å². The molecule has 2 unspecified atom stereocenters. The van der Waals surface area contributed by atoms with E-state index in [0.717, 1.165) is 0 Å². The van der Waals surface area contributed by atoms with Crippen molar-refractivity contribution < 1.29 is 33.6 Å². The van der Waals surface area contributed by atoms with Gasteiger partial charge in [0.2, 0.25) is 0 Å². The first-order chi connectivity index (χ1) is 14.4. The Kier molecular flexibility index (Phi) is 3.37. The fourth-order valence-electron chi connectivity index (χ4n) is 5.08. The van der Waals surface area contributed by atoms with Gasteiger partial charge in [0.1, 0.15) is 17.1 Å². The minimum atomic E-state index is -1.35. The van der Waals surface area contributed by atoms with Crippen LogP contribution in [0.1, 0.15) is 50.2 Å². The van der Waals surface area contributed by atoms with E-state index in [1.54, 1.807) is 18.2 Å². The number of halogens is 1. The molecular formula is C22H15ClO7. The molecule has 2 aliphatic heterocycles. The zero-order chi connectivity index (χ0) is 20.8. The third kappa shape index (κ3) is 1.93. The maximum Gasteiger partial charge on any atom is 0.260 e. The Labute approximate surface area is 175 Å². The third-order valence-corrected chi connectivity index (χ3v) is 6.44. The second-order valence-electron chi connectivity index (χ2n) is 7.69. The van der Waals surface area contributed by atoms with Gasteiger partial charge in [-0.05, 0) is 36.8 Å². The number of allylic oxidation sites excluding steroid dienone is 1. The predicted octanol–water partition coefficient (Wildman–Crippen LogP) is 3.58. The SMILES string of the molecule is COCOc1c(Cl)cc2c3c1C(=O)C=CC31Oc3ccc(O)c4c3C2(CCC4=O)O1. The van der Waals surface area contributed by atoms with Gasteiger partial charge in [-0.25, -0.2) is 0 Å². The van der Waals surface area contributed by atoms with Crippen molar-refractivity contribution in [1.29, 1.82) is 0 Å². The summed E-state index contributed by atoms with van der Waals surface area (Å²) in [6.45, 7) is -0.0882. The lowest BCUT2D eigenvalue weighted by molar-refractivity contribution is -0.220. The Morgan fingerprint density at radius 3 is 2.87 bits per heavy atom. The van der Waals surface area contributed by atoms with Gasteiger partial charge in [0.25, 0.3) is 5.79 Å². The molecular weight excluding hydrogens is 412 g/mol. The van der Waals surface area contributed by atoms with Crippen LogP contribution in [-0.2, 0) is 20.9 Å². The first-order valence-electron chi connectivity index (χ1n) is 9.43.